The van der Waals surface area contributed by atoms with Crippen molar-refractivity contribution in [1.82, 2.24) is 5.01 Å². The molecule has 2 aliphatic rings. The Labute approximate surface area is 188 Å². The minimum Gasteiger partial charge on any atom is -0.503 e. The molecule has 0 fully saturated rings. The monoisotopic (exact) mass is 534 g/mol. The Morgan fingerprint density at radius 1 is 1.17 bits per heavy atom. The van der Waals surface area contributed by atoms with E-state index in [0.717, 1.165) is 29.0 Å². The van der Waals surface area contributed by atoms with Gasteiger partial charge in [0.1, 0.15) is 5.75 Å². The maximum atomic E-state index is 10.3. The molecule has 0 radical (unpaired) electrons. The fourth-order valence-electron chi connectivity index (χ4n) is 3.78. The van der Waals surface area contributed by atoms with Crippen molar-refractivity contribution in [3.05, 3.63) is 72.8 Å². The van der Waals surface area contributed by atoms with E-state index >= 15 is 0 Å². The number of hydrogen-bond donors (Lipinski definition) is 1. The first kappa shape index (κ1) is 19.0. The van der Waals surface area contributed by atoms with E-state index in [2.05, 4.69) is 49.4 Å². The predicted molar refractivity (Wildman–Crippen MR) is 120 cm³/mol. The Balaban J connectivity index is 1.66. The lowest BCUT2D eigenvalue weighted by Crippen LogP contribution is -2.34. The zero-order valence-corrected chi connectivity index (χ0v) is 19.3. The van der Waals surface area contributed by atoms with Gasteiger partial charge >= 0.3 is 0 Å². The van der Waals surface area contributed by atoms with Gasteiger partial charge in [-0.05, 0) is 55.4 Å². The molecule has 3 aromatic rings. The van der Waals surface area contributed by atoms with Gasteiger partial charge in [-0.2, -0.15) is 5.10 Å². The summed E-state index contributed by atoms with van der Waals surface area (Å²) in [6.45, 7) is 0. The van der Waals surface area contributed by atoms with Gasteiger partial charge in [0.25, 0.3) is 0 Å². The highest BCUT2D eigenvalue weighted by Crippen LogP contribution is 2.51. The zero-order valence-electron chi connectivity index (χ0n) is 15.3. The third kappa shape index (κ3) is 3.05. The largest absolute Gasteiger partial charge is 0.503 e. The molecule has 29 heavy (non-hydrogen) atoms. The van der Waals surface area contributed by atoms with Gasteiger partial charge in [-0.15, -0.1) is 11.3 Å². The van der Waals surface area contributed by atoms with Crippen molar-refractivity contribution in [3.8, 4) is 17.2 Å². The molecular weight excluding hydrogens is 520 g/mol. The molecular formula is C21H16Br2N2O3S. The van der Waals surface area contributed by atoms with Crippen molar-refractivity contribution in [2.45, 2.75) is 18.7 Å². The second kappa shape index (κ2) is 7.34. The number of methoxy groups -OCH3 is 1. The second-order valence-corrected chi connectivity index (χ2v) is 9.31. The van der Waals surface area contributed by atoms with Crippen LogP contribution in [0.15, 0.2) is 61.9 Å². The number of aromatic hydroxyl groups is 1. The smallest absolute Gasteiger partial charge is 0.215 e. The van der Waals surface area contributed by atoms with Crippen molar-refractivity contribution in [3.63, 3.8) is 0 Å². The predicted octanol–water partition coefficient (Wildman–Crippen LogP) is 6.23. The van der Waals surface area contributed by atoms with Crippen LogP contribution in [0, 0.1) is 0 Å². The van der Waals surface area contributed by atoms with Gasteiger partial charge < -0.3 is 14.6 Å². The van der Waals surface area contributed by atoms with Crippen molar-refractivity contribution < 1.29 is 14.6 Å². The minimum absolute atomic E-state index is 0.0417. The van der Waals surface area contributed by atoms with Gasteiger partial charge in [-0.3, -0.25) is 0 Å². The minimum atomic E-state index is -0.465. The first-order chi connectivity index (χ1) is 14.1. The number of hydrogen-bond acceptors (Lipinski definition) is 6. The highest BCUT2D eigenvalue weighted by atomic mass is 79.9. The van der Waals surface area contributed by atoms with Gasteiger partial charge in [-0.25, -0.2) is 5.01 Å². The summed E-state index contributed by atoms with van der Waals surface area (Å²) in [5, 5.41) is 19.4. The lowest BCUT2D eigenvalue weighted by Gasteiger charge is -2.38. The molecule has 148 valence electrons. The van der Waals surface area contributed by atoms with Crippen molar-refractivity contribution >= 4 is 48.9 Å². The lowest BCUT2D eigenvalue weighted by molar-refractivity contribution is -0.0196. The molecule has 3 heterocycles. The second-order valence-electron chi connectivity index (χ2n) is 6.78. The zero-order chi connectivity index (χ0) is 20.1. The molecule has 0 saturated carbocycles. The van der Waals surface area contributed by atoms with E-state index in [1.165, 1.54) is 12.0 Å². The van der Waals surface area contributed by atoms with E-state index in [9.17, 15) is 5.11 Å². The van der Waals surface area contributed by atoms with Crippen LogP contribution in [-0.4, -0.2) is 22.9 Å². The lowest BCUT2D eigenvalue weighted by atomic mass is 9.97. The number of benzene rings is 2. The van der Waals surface area contributed by atoms with E-state index in [1.54, 1.807) is 17.4 Å². The van der Waals surface area contributed by atoms with Crippen LogP contribution in [0.3, 0.4) is 0 Å². The molecule has 0 saturated heterocycles. The number of fused-ring (bicyclic) bond motifs is 3. The summed E-state index contributed by atoms with van der Waals surface area (Å²) in [5.41, 5.74) is 3.00. The molecule has 1 aromatic heterocycles. The number of ether oxygens (including phenoxy) is 2. The number of hydrazone groups is 1. The summed E-state index contributed by atoms with van der Waals surface area (Å²) < 4.78 is 13.0. The van der Waals surface area contributed by atoms with Crippen LogP contribution in [0.2, 0.25) is 0 Å². The van der Waals surface area contributed by atoms with E-state index in [4.69, 9.17) is 14.6 Å². The first-order valence-electron chi connectivity index (χ1n) is 8.98. The van der Waals surface area contributed by atoms with E-state index in [1.807, 2.05) is 29.3 Å². The Hall–Kier alpha value is -2.03. The number of rotatable bonds is 3. The number of para-hydroxylation sites is 1. The Bertz CT molecular complexity index is 1120. The average Bonchev–Trinajstić information content (AvgIpc) is 3.42. The van der Waals surface area contributed by atoms with Crippen LogP contribution >= 0.6 is 43.2 Å². The Morgan fingerprint density at radius 2 is 2.00 bits per heavy atom. The summed E-state index contributed by atoms with van der Waals surface area (Å²) in [6, 6.07) is 14.1. The van der Waals surface area contributed by atoms with Crippen LogP contribution in [-0.2, 0) is 0 Å². The third-order valence-electron chi connectivity index (χ3n) is 5.16. The van der Waals surface area contributed by atoms with Crippen LogP contribution in [0.25, 0.3) is 0 Å². The molecule has 1 N–H and O–H groups in total. The SMILES string of the molecule is COc1cc([C@@H]2Oc3ccccc3[C@H]3CC(c4cccs4)=NN32)c(Br)c(Br)c1O. The normalized spacial score (nSPS) is 20.0. The molecule has 0 unspecified atom stereocenters. The summed E-state index contributed by atoms with van der Waals surface area (Å²) in [5.74, 6) is 1.26. The van der Waals surface area contributed by atoms with Crippen molar-refractivity contribution in [1.29, 1.82) is 0 Å². The molecule has 0 spiro atoms. The molecule has 8 heteroatoms. The number of thiophene rings is 1. The maximum Gasteiger partial charge on any atom is 0.215 e. The summed E-state index contributed by atoms with van der Waals surface area (Å²) >= 11 is 8.75. The van der Waals surface area contributed by atoms with E-state index in [-0.39, 0.29) is 11.8 Å². The molecule has 0 aliphatic carbocycles. The third-order valence-corrected chi connectivity index (χ3v) is 8.24. The fraction of sp³-hybridized carbons (Fsp3) is 0.190. The highest BCUT2D eigenvalue weighted by Gasteiger charge is 2.42. The Morgan fingerprint density at radius 3 is 2.76 bits per heavy atom. The molecule has 0 amide bonds. The molecule has 2 aliphatic heterocycles. The van der Waals surface area contributed by atoms with Gasteiger partial charge in [0.05, 0.1) is 28.2 Å². The molecule has 5 nitrogen and oxygen atoms in total. The average molecular weight is 536 g/mol. The quantitative estimate of drug-likeness (QED) is 0.432. The maximum absolute atomic E-state index is 10.3. The number of nitrogens with zero attached hydrogens (tertiary/aromatic N) is 2. The van der Waals surface area contributed by atoms with Crippen LogP contribution in [0.5, 0.6) is 17.2 Å². The van der Waals surface area contributed by atoms with Gasteiger partial charge in [-0.1, -0.05) is 24.3 Å². The summed E-state index contributed by atoms with van der Waals surface area (Å²) in [6.07, 6.45) is 0.346. The fourth-order valence-corrected chi connectivity index (χ4v) is 5.42. The molecule has 2 aromatic carbocycles. The Kier molecular flexibility index (Phi) is 4.80. The molecule has 2 atom stereocenters. The first-order valence-corrected chi connectivity index (χ1v) is 11.4. The topological polar surface area (TPSA) is 54.3 Å². The summed E-state index contributed by atoms with van der Waals surface area (Å²) in [7, 11) is 1.53. The molecule has 0 bridgehead atoms. The van der Waals surface area contributed by atoms with Gasteiger partial charge in [0, 0.05) is 22.0 Å². The van der Waals surface area contributed by atoms with Gasteiger partial charge in [0.15, 0.2) is 11.5 Å². The van der Waals surface area contributed by atoms with Crippen molar-refractivity contribution in [2.75, 3.05) is 7.11 Å². The van der Waals surface area contributed by atoms with Gasteiger partial charge in [0.2, 0.25) is 6.23 Å². The van der Waals surface area contributed by atoms with Crippen LogP contribution < -0.4 is 9.47 Å². The highest BCUT2D eigenvalue weighted by molar-refractivity contribution is 9.13. The van der Waals surface area contributed by atoms with Crippen LogP contribution in [0.4, 0.5) is 0 Å². The van der Waals surface area contributed by atoms with E-state index in [0.29, 0.717) is 14.7 Å². The summed E-state index contributed by atoms with van der Waals surface area (Å²) in [4.78, 5) is 1.17. The van der Waals surface area contributed by atoms with Crippen molar-refractivity contribution in [2.24, 2.45) is 5.10 Å². The number of phenols is 1. The van der Waals surface area contributed by atoms with Crippen LogP contribution in [0.1, 0.15) is 34.7 Å². The number of halogens is 2. The number of phenolic OH excluding ortho intramolecular Hbond substituents is 1. The molecule has 5 rings (SSSR count). The van der Waals surface area contributed by atoms with E-state index < -0.39 is 6.23 Å². The standard InChI is InChI=1S/C21H16Br2N2O3S/c1-27-16-9-12(18(22)19(23)20(16)26)21-25-14(11-5-2-3-6-15(11)28-21)10-13(24-25)17-7-4-8-29-17/h2-9,14,21,26H,10H2,1H3/t14-,21+/m1/s1.